The van der Waals surface area contributed by atoms with Crippen molar-refractivity contribution in [3.8, 4) is 0 Å². The van der Waals surface area contributed by atoms with Gasteiger partial charge in [-0.2, -0.15) is 0 Å². The zero-order valence-corrected chi connectivity index (χ0v) is 14.0. The van der Waals surface area contributed by atoms with E-state index in [1.807, 2.05) is 19.2 Å². The lowest BCUT2D eigenvalue weighted by molar-refractivity contribution is 0.548. The molecule has 0 saturated heterocycles. The van der Waals surface area contributed by atoms with Crippen molar-refractivity contribution in [3.63, 3.8) is 0 Å². The summed E-state index contributed by atoms with van der Waals surface area (Å²) in [4.78, 5) is 0.433. The van der Waals surface area contributed by atoms with Crippen molar-refractivity contribution >= 4 is 9.84 Å². The van der Waals surface area contributed by atoms with Gasteiger partial charge in [0.2, 0.25) is 0 Å². The molecule has 1 atom stereocenters. The molecule has 0 aromatic heterocycles. The maximum Gasteiger partial charge on any atom is 0.178 e. The van der Waals surface area contributed by atoms with Crippen LogP contribution in [0.4, 0.5) is 0 Å². The van der Waals surface area contributed by atoms with Crippen LogP contribution in [0.15, 0.2) is 29.2 Å². The maximum atomic E-state index is 12.2. The fourth-order valence-corrected chi connectivity index (χ4v) is 3.34. The van der Waals surface area contributed by atoms with Gasteiger partial charge in [0.15, 0.2) is 9.84 Å². The van der Waals surface area contributed by atoms with Crippen LogP contribution in [0.2, 0.25) is 0 Å². The molecule has 1 rings (SSSR count). The predicted octanol–water partition coefficient (Wildman–Crippen LogP) is 3.15. The van der Waals surface area contributed by atoms with Crippen LogP contribution in [0.1, 0.15) is 46.1 Å². The highest BCUT2D eigenvalue weighted by atomic mass is 32.2. The monoisotopic (exact) mass is 297 g/mol. The van der Waals surface area contributed by atoms with Gasteiger partial charge in [-0.25, -0.2) is 8.42 Å². The summed E-state index contributed by atoms with van der Waals surface area (Å²) in [6.45, 7) is 8.42. The Morgan fingerprint density at radius 2 is 1.70 bits per heavy atom. The van der Waals surface area contributed by atoms with E-state index >= 15 is 0 Å². The Kier molecular flexibility index (Phi) is 5.78. The van der Waals surface area contributed by atoms with E-state index < -0.39 is 9.84 Å². The van der Waals surface area contributed by atoms with E-state index in [0.717, 1.165) is 12.0 Å². The Labute approximate surface area is 123 Å². The first-order valence-corrected chi connectivity index (χ1v) is 8.82. The van der Waals surface area contributed by atoms with Gasteiger partial charge in [0.05, 0.1) is 10.6 Å². The highest BCUT2D eigenvalue weighted by Gasteiger charge is 2.17. The minimum Gasteiger partial charge on any atom is -0.317 e. The van der Waals surface area contributed by atoms with Crippen LogP contribution >= 0.6 is 0 Å². The Morgan fingerprint density at radius 1 is 1.15 bits per heavy atom. The molecule has 0 heterocycles. The molecule has 0 radical (unpaired) electrons. The summed E-state index contributed by atoms with van der Waals surface area (Å²) in [6, 6.07) is 7.66. The van der Waals surface area contributed by atoms with Crippen molar-refractivity contribution in [3.05, 3.63) is 29.8 Å². The van der Waals surface area contributed by atoms with Crippen LogP contribution in [0.5, 0.6) is 0 Å². The van der Waals surface area contributed by atoms with Crippen molar-refractivity contribution in [1.29, 1.82) is 0 Å². The van der Waals surface area contributed by atoms with Gasteiger partial charge in [-0.1, -0.05) is 32.9 Å². The number of hydrogen-bond donors (Lipinski definition) is 1. The maximum absolute atomic E-state index is 12.2. The van der Waals surface area contributed by atoms with Crippen LogP contribution in [-0.2, 0) is 15.3 Å². The van der Waals surface area contributed by atoms with Gasteiger partial charge >= 0.3 is 0 Å². The first-order valence-electron chi connectivity index (χ1n) is 7.17. The second-order valence-corrected chi connectivity index (χ2v) is 8.53. The van der Waals surface area contributed by atoms with Crippen molar-refractivity contribution in [2.75, 3.05) is 12.8 Å². The van der Waals surface area contributed by atoms with Gasteiger partial charge in [-0.05, 0) is 49.9 Å². The fourth-order valence-electron chi connectivity index (χ4n) is 2.00. The van der Waals surface area contributed by atoms with E-state index in [1.165, 1.54) is 0 Å². The smallest absolute Gasteiger partial charge is 0.178 e. The topological polar surface area (TPSA) is 46.2 Å². The number of hydrogen-bond acceptors (Lipinski definition) is 3. The predicted molar refractivity (Wildman–Crippen MR) is 85.0 cm³/mol. The molecule has 1 aromatic rings. The van der Waals surface area contributed by atoms with Crippen LogP contribution in [0, 0.1) is 0 Å². The molecule has 1 aromatic carbocycles. The first kappa shape index (κ1) is 17.2. The number of rotatable bonds is 6. The van der Waals surface area contributed by atoms with Gasteiger partial charge in [0.1, 0.15) is 0 Å². The molecule has 114 valence electrons. The third kappa shape index (κ3) is 4.91. The molecular weight excluding hydrogens is 270 g/mol. The van der Waals surface area contributed by atoms with Crippen molar-refractivity contribution in [2.24, 2.45) is 0 Å². The molecule has 0 aliphatic rings. The first-order chi connectivity index (χ1) is 9.16. The third-order valence-electron chi connectivity index (χ3n) is 3.62. The molecule has 1 unspecified atom stereocenters. The van der Waals surface area contributed by atoms with Crippen LogP contribution in [-0.4, -0.2) is 27.3 Å². The van der Waals surface area contributed by atoms with Crippen LogP contribution < -0.4 is 5.32 Å². The second-order valence-electron chi connectivity index (χ2n) is 6.43. The molecule has 4 heteroatoms. The molecule has 20 heavy (non-hydrogen) atoms. The highest BCUT2D eigenvalue weighted by Crippen LogP contribution is 2.24. The average Bonchev–Trinajstić information content (AvgIpc) is 2.37. The minimum atomic E-state index is -3.15. The van der Waals surface area contributed by atoms with Crippen molar-refractivity contribution in [1.82, 2.24) is 5.32 Å². The summed E-state index contributed by atoms with van der Waals surface area (Å²) in [6.07, 6.45) is 1.56. The standard InChI is InChI=1S/C16H27NO2S/c1-13(17-5)7-6-12-20(18,19)15-10-8-14(9-11-15)16(2,3)4/h8-11,13,17H,6-7,12H2,1-5H3. The Hall–Kier alpha value is -0.870. The quantitative estimate of drug-likeness (QED) is 0.877. The zero-order chi connectivity index (χ0) is 15.4. The molecule has 0 spiro atoms. The third-order valence-corrected chi connectivity index (χ3v) is 5.44. The zero-order valence-electron chi connectivity index (χ0n) is 13.2. The Morgan fingerprint density at radius 3 is 2.15 bits per heavy atom. The lowest BCUT2D eigenvalue weighted by atomic mass is 9.87. The summed E-state index contributed by atoms with van der Waals surface area (Å²) in [7, 11) is -1.26. The molecule has 0 amide bonds. The van der Waals surface area contributed by atoms with Crippen LogP contribution in [0.3, 0.4) is 0 Å². The van der Waals surface area contributed by atoms with E-state index in [9.17, 15) is 8.42 Å². The SMILES string of the molecule is CNC(C)CCCS(=O)(=O)c1ccc(C(C)(C)C)cc1. The summed E-state index contributed by atoms with van der Waals surface area (Å²) in [5.74, 6) is 0.216. The Balaban J connectivity index is 2.73. The molecule has 0 aliphatic carbocycles. The molecule has 0 bridgehead atoms. The lowest BCUT2D eigenvalue weighted by Crippen LogP contribution is -2.22. The van der Waals surface area contributed by atoms with Gasteiger partial charge < -0.3 is 5.32 Å². The molecule has 0 saturated carbocycles. The minimum absolute atomic E-state index is 0.0462. The molecule has 1 N–H and O–H groups in total. The van der Waals surface area contributed by atoms with Crippen molar-refractivity contribution < 1.29 is 8.42 Å². The van der Waals surface area contributed by atoms with E-state index in [2.05, 4.69) is 33.0 Å². The summed E-state index contributed by atoms with van der Waals surface area (Å²) in [5.41, 5.74) is 1.20. The average molecular weight is 297 g/mol. The van der Waals surface area contributed by atoms with Gasteiger partial charge in [0, 0.05) is 6.04 Å². The fraction of sp³-hybridized carbons (Fsp3) is 0.625. The number of sulfone groups is 1. The molecular formula is C16H27NO2S. The largest absolute Gasteiger partial charge is 0.317 e. The van der Waals surface area contributed by atoms with E-state index in [-0.39, 0.29) is 11.2 Å². The number of benzene rings is 1. The van der Waals surface area contributed by atoms with Gasteiger partial charge in [-0.3, -0.25) is 0 Å². The molecule has 0 fully saturated rings. The van der Waals surface area contributed by atoms with E-state index in [0.29, 0.717) is 17.4 Å². The second kappa shape index (κ2) is 6.72. The normalized spacial score (nSPS) is 14.2. The summed E-state index contributed by atoms with van der Waals surface area (Å²) in [5, 5.41) is 3.12. The molecule has 3 nitrogen and oxygen atoms in total. The molecule has 0 aliphatic heterocycles. The summed E-state index contributed by atoms with van der Waals surface area (Å²) >= 11 is 0. The van der Waals surface area contributed by atoms with Crippen molar-refractivity contribution in [2.45, 2.75) is 56.9 Å². The lowest BCUT2D eigenvalue weighted by Gasteiger charge is -2.19. The van der Waals surface area contributed by atoms with E-state index in [4.69, 9.17) is 0 Å². The van der Waals surface area contributed by atoms with Crippen LogP contribution in [0.25, 0.3) is 0 Å². The van der Waals surface area contributed by atoms with Gasteiger partial charge in [-0.15, -0.1) is 0 Å². The van der Waals surface area contributed by atoms with E-state index in [1.54, 1.807) is 12.1 Å². The number of nitrogens with one attached hydrogen (secondary N) is 1. The van der Waals surface area contributed by atoms with Gasteiger partial charge in [0.25, 0.3) is 0 Å². The highest BCUT2D eigenvalue weighted by molar-refractivity contribution is 7.91. The Bertz CT molecular complexity index is 512. The summed E-state index contributed by atoms with van der Waals surface area (Å²) < 4.78 is 24.5.